The van der Waals surface area contributed by atoms with Crippen LogP contribution in [0.15, 0.2) is 39.9 Å². The fourth-order valence-electron chi connectivity index (χ4n) is 1.87. The Labute approximate surface area is 144 Å². The van der Waals surface area contributed by atoms with E-state index in [1.54, 1.807) is 18.2 Å². The van der Waals surface area contributed by atoms with Crippen molar-refractivity contribution in [2.45, 2.75) is 6.92 Å². The Morgan fingerprint density at radius 2 is 2.25 bits per heavy atom. The predicted molar refractivity (Wildman–Crippen MR) is 90.7 cm³/mol. The van der Waals surface area contributed by atoms with Gasteiger partial charge in [-0.25, -0.2) is 4.98 Å². The molecule has 0 unspecified atom stereocenters. The topological polar surface area (TPSA) is 102 Å². The number of rotatable bonds is 4. The van der Waals surface area contributed by atoms with E-state index in [1.165, 1.54) is 36.6 Å². The summed E-state index contributed by atoms with van der Waals surface area (Å²) < 4.78 is 5.78. The van der Waals surface area contributed by atoms with Crippen LogP contribution in [0.5, 0.6) is 0 Å². The average molecular weight is 365 g/mol. The van der Waals surface area contributed by atoms with E-state index in [9.17, 15) is 14.9 Å². The van der Waals surface area contributed by atoms with Gasteiger partial charge in [-0.3, -0.25) is 14.9 Å². The summed E-state index contributed by atoms with van der Waals surface area (Å²) in [6, 6.07) is 7.79. The van der Waals surface area contributed by atoms with Crippen molar-refractivity contribution in [3.8, 4) is 0 Å². The smallest absolute Gasteiger partial charge is 0.400 e. The molecule has 0 bridgehead atoms. The number of nitrogens with zero attached hydrogens (tertiary/aromatic N) is 4. The summed E-state index contributed by atoms with van der Waals surface area (Å²) in [6.45, 7) is 1.33. The van der Waals surface area contributed by atoms with Gasteiger partial charge in [0.15, 0.2) is 5.76 Å². The number of benzene rings is 1. The molecule has 10 heteroatoms. The zero-order valence-corrected chi connectivity index (χ0v) is 13.7. The standard InChI is InChI=1S/C14H9ClN4O4S/c1-8(20)18(16-7-10-3-5-13(23-10)19(21)22)14-17-11-4-2-9(15)6-12(11)24-14/h2-7H,1H3/b16-7-. The van der Waals surface area contributed by atoms with E-state index in [2.05, 4.69) is 10.1 Å². The lowest BCUT2D eigenvalue weighted by Gasteiger charge is -2.09. The van der Waals surface area contributed by atoms with Gasteiger partial charge in [-0.2, -0.15) is 10.1 Å². The van der Waals surface area contributed by atoms with Crippen molar-refractivity contribution in [1.29, 1.82) is 0 Å². The largest absolute Gasteiger partial charge is 0.433 e. The number of anilines is 1. The van der Waals surface area contributed by atoms with Gasteiger partial charge in [-0.1, -0.05) is 22.9 Å². The molecule has 122 valence electrons. The Bertz CT molecular complexity index is 965. The van der Waals surface area contributed by atoms with Crippen LogP contribution in [0.4, 0.5) is 11.0 Å². The van der Waals surface area contributed by atoms with Crippen LogP contribution in [-0.2, 0) is 4.79 Å². The highest BCUT2D eigenvalue weighted by atomic mass is 35.5. The summed E-state index contributed by atoms with van der Waals surface area (Å²) in [7, 11) is 0. The summed E-state index contributed by atoms with van der Waals surface area (Å²) in [5, 5.41) is 16.6. The quantitative estimate of drug-likeness (QED) is 0.397. The predicted octanol–water partition coefficient (Wildman–Crippen LogP) is 3.84. The van der Waals surface area contributed by atoms with E-state index in [0.29, 0.717) is 15.7 Å². The van der Waals surface area contributed by atoms with Crippen LogP contribution < -0.4 is 5.01 Å². The van der Waals surface area contributed by atoms with E-state index in [-0.39, 0.29) is 11.7 Å². The SMILES string of the molecule is CC(=O)N(/N=C\c1ccc([N+](=O)[O-])o1)c1nc2ccc(Cl)cc2s1. The van der Waals surface area contributed by atoms with Crippen LogP contribution in [0.2, 0.25) is 5.02 Å². The molecule has 0 radical (unpaired) electrons. The molecule has 0 fully saturated rings. The molecular weight excluding hydrogens is 356 g/mol. The molecule has 8 nitrogen and oxygen atoms in total. The Morgan fingerprint density at radius 1 is 1.46 bits per heavy atom. The minimum Gasteiger partial charge on any atom is -0.400 e. The second-order valence-corrected chi connectivity index (χ2v) is 6.06. The number of hydrogen-bond acceptors (Lipinski definition) is 7. The maximum absolute atomic E-state index is 11.8. The molecule has 3 rings (SSSR count). The van der Waals surface area contributed by atoms with Gasteiger partial charge in [-0.05, 0) is 24.3 Å². The number of halogens is 1. The fraction of sp³-hybridized carbons (Fsp3) is 0.0714. The zero-order valence-electron chi connectivity index (χ0n) is 12.2. The van der Waals surface area contributed by atoms with Crippen molar-refractivity contribution in [2.75, 3.05) is 5.01 Å². The van der Waals surface area contributed by atoms with Crippen LogP contribution >= 0.6 is 22.9 Å². The number of aromatic nitrogens is 1. The number of thiazole rings is 1. The monoisotopic (exact) mass is 364 g/mol. The summed E-state index contributed by atoms with van der Waals surface area (Å²) in [5.41, 5.74) is 0.689. The molecule has 0 N–H and O–H groups in total. The molecule has 0 aliphatic heterocycles. The van der Waals surface area contributed by atoms with Gasteiger partial charge in [0.25, 0.3) is 0 Å². The summed E-state index contributed by atoms with van der Waals surface area (Å²) in [5.74, 6) is -0.616. The van der Waals surface area contributed by atoms with E-state index in [1.807, 2.05) is 0 Å². The lowest BCUT2D eigenvalue weighted by atomic mass is 10.3. The van der Waals surface area contributed by atoms with Crippen molar-refractivity contribution in [2.24, 2.45) is 5.10 Å². The van der Waals surface area contributed by atoms with Crippen LogP contribution in [0, 0.1) is 10.1 Å². The molecule has 0 atom stereocenters. The number of hydrogen-bond donors (Lipinski definition) is 0. The van der Waals surface area contributed by atoms with Crippen LogP contribution in [0.3, 0.4) is 0 Å². The maximum Gasteiger partial charge on any atom is 0.433 e. The highest BCUT2D eigenvalue weighted by molar-refractivity contribution is 7.22. The summed E-state index contributed by atoms with van der Waals surface area (Å²) in [6.07, 6.45) is 1.22. The molecule has 0 saturated heterocycles. The van der Waals surface area contributed by atoms with E-state index >= 15 is 0 Å². The van der Waals surface area contributed by atoms with Crippen molar-refractivity contribution < 1.29 is 14.1 Å². The Balaban J connectivity index is 1.91. The first-order valence-electron chi connectivity index (χ1n) is 6.59. The van der Waals surface area contributed by atoms with Gasteiger partial charge < -0.3 is 4.42 Å². The normalized spacial score (nSPS) is 11.2. The Kier molecular flexibility index (Phi) is 4.28. The average Bonchev–Trinajstić information content (AvgIpc) is 3.13. The number of nitro groups is 1. The van der Waals surface area contributed by atoms with Crippen molar-refractivity contribution in [1.82, 2.24) is 4.98 Å². The van der Waals surface area contributed by atoms with Gasteiger partial charge in [-0.15, -0.1) is 0 Å². The minimum absolute atomic E-state index is 0.150. The third-order valence-corrected chi connectivity index (χ3v) is 4.14. The number of fused-ring (bicyclic) bond motifs is 1. The van der Waals surface area contributed by atoms with Gasteiger partial charge >= 0.3 is 5.88 Å². The molecule has 3 aromatic rings. The van der Waals surface area contributed by atoms with Gasteiger partial charge in [0.2, 0.25) is 11.0 Å². The highest BCUT2D eigenvalue weighted by Crippen LogP contribution is 2.31. The summed E-state index contributed by atoms with van der Waals surface area (Å²) in [4.78, 5) is 26.1. The van der Waals surface area contributed by atoms with Crippen molar-refractivity contribution >= 4 is 56.3 Å². The molecule has 1 aromatic carbocycles. The zero-order chi connectivity index (χ0) is 17.3. The van der Waals surface area contributed by atoms with Crippen molar-refractivity contribution in [3.05, 3.63) is 51.2 Å². The third kappa shape index (κ3) is 3.26. The second kappa shape index (κ2) is 6.38. The molecular formula is C14H9ClN4O4S. The van der Waals surface area contributed by atoms with E-state index in [4.69, 9.17) is 16.0 Å². The molecule has 0 aliphatic carbocycles. The number of hydrazone groups is 1. The maximum atomic E-state index is 11.8. The molecule has 0 spiro atoms. The van der Waals surface area contributed by atoms with Crippen molar-refractivity contribution in [3.63, 3.8) is 0 Å². The minimum atomic E-state index is -0.655. The third-order valence-electron chi connectivity index (χ3n) is 2.91. The molecule has 2 heterocycles. The molecule has 2 aromatic heterocycles. The number of furan rings is 1. The Morgan fingerprint density at radius 3 is 2.92 bits per heavy atom. The fourth-order valence-corrected chi connectivity index (χ4v) is 3.11. The first-order valence-corrected chi connectivity index (χ1v) is 7.78. The van der Waals surface area contributed by atoms with Gasteiger partial charge in [0.1, 0.15) is 4.92 Å². The molecule has 24 heavy (non-hydrogen) atoms. The van der Waals surface area contributed by atoms with Gasteiger partial charge in [0, 0.05) is 11.9 Å². The molecule has 0 saturated carbocycles. The van der Waals surface area contributed by atoms with E-state index in [0.717, 1.165) is 9.71 Å². The molecule has 0 aliphatic rings. The second-order valence-electron chi connectivity index (χ2n) is 4.62. The number of amides is 1. The van der Waals surface area contributed by atoms with Crippen LogP contribution in [-0.4, -0.2) is 22.0 Å². The van der Waals surface area contributed by atoms with E-state index < -0.39 is 10.8 Å². The number of carbonyl (C=O) groups is 1. The first kappa shape index (κ1) is 16.1. The first-order chi connectivity index (χ1) is 11.4. The van der Waals surface area contributed by atoms with Crippen LogP contribution in [0.25, 0.3) is 10.2 Å². The Hall–Kier alpha value is -2.78. The summed E-state index contributed by atoms with van der Waals surface area (Å²) >= 11 is 7.19. The lowest BCUT2D eigenvalue weighted by molar-refractivity contribution is -0.402. The molecule has 1 amide bonds. The van der Waals surface area contributed by atoms with Gasteiger partial charge in [0.05, 0.1) is 22.5 Å². The van der Waals surface area contributed by atoms with Crippen LogP contribution in [0.1, 0.15) is 12.7 Å². The number of carbonyl (C=O) groups excluding carboxylic acids is 1. The lowest BCUT2D eigenvalue weighted by Crippen LogP contribution is -2.22. The highest BCUT2D eigenvalue weighted by Gasteiger charge is 2.16.